The Balaban J connectivity index is 1.80. The minimum absolute atomic E-state index is 0.216. The number of pyridine rings is 1. The van der Waals surface area contributed by atoms with Crippen LogP contribution < -0.4 is 29.8 Å². The summed E-state index contributed by atoms with van der Waals surface area (Å²) in [6.07, 6.45) is 0. The summed E-state index contributed by atoms with van der Waals surface area (Å²) in [4.78, 5) is 29.7. The molecule has 0 saturated carbocycles. The van der Waals surface area contributed by atoms with Crippen molar-refractivity contribution in [1.29, 1.82) is 0 Å². The van der Waals surface area contributed by atoms with Crippen molar-refractivity contribution >= 4 is 22.7 Å². The molecule has 0 aliphatic rings. The quantitative estimate of drug-likeness (QED) is 0.585. The molecule has 2 amide bonds. The van der Waals surface area contributed by atoms with Crippen molar-refractivity contribution in [3.63, 3.8) is 0 Å². The molecule has 2 N–H and O–H groups in total. The molecule has 0 atom stereocenters. The number of nitrogens with zero attached hydrogens (tertiary/aromatic N) is 1. The van der Waals surface area contributed by atoms with Crippen LogP contribution in [0, 0.1) is 6.92 Å². The smallest absolute Gasteiger partial charge is 0.271 e. The molecule has 0 aliphatic heterocycles. The molecule has 9 nitrogen and oxygen atoms in total. The summed E-state index contributed by atoms with van der Waals surface area (Å²) >= 11 is 0. The summed E-state index contributed by atoms with van der Waals surface area (Å²) in [5.41, 5.74) is 6.60. The second kappa shape index (κ2) is 9.21. The Morgan fingerprint density at radius 2 is 1.45 bits per heavy atom. The van der Waals surface area contributed by atoms with Gasteiger partial charge in [0.05, 0.1) is 45.2 Å². The number of carbonyl (C=O) groups is 2. The van der Waals surface area contributed by atoms with Crippen LogP contribution in [-0.2, 0) is 0 Å². The summed E-state index contributed by atoms with van der Waals surface area (Å²) in [7, 11) is 5.93. The Labute approximate surface area is 179 Å². The molecule has 0 radical (unpaired) electrons. The lowest BCUT2D eigenvalue weighted by atomic mass is 10.1. The van der Waals surface area contributed by atoms with Crippen molar-refractivity contribution in [1.82, 2.24) is 15.8 Å². The largest absolute Gasteiger partial charge is 0.497 e. The van der Waals surface area contributed by atoms with Gasteiger partial charge in [-0.15, -0.1) is 0 Å². The molecule has 0 aliphatic carbocycles. The number of amides is 2. The summed E-state index contributed by atoms with van der Waals surface area (Å²) in [6.45, 7) is 1.72. The number of carbonyl (C=O) groups excluding carboxylic acids is 2. The first-order valence-electron chi connectivity index (χ1n) is 9.28. The molecule has 3 rings (SSSR count). The number of hydrazine groups is 1. The Morgan fingerprint density at radius 1 is 0.806 bits per heavy atom. The third kappa shape index (κ3) is 4.45. The van der Waals surface area contributed by atoms with E-state index in [1.54, 1.807) is 32.2 Å². The number of rotatable bonds is 6. The Bertz CT molecular complexity index is 1120. The number of aromatic nitrogens is 1. The predicted molar refractivity (Wildman–Crippen MR) is 114 cm³/mol. The van der Waals surface area contributed by atoms with Crippen LogP contribution in [0.5, 0.6) is 23.0 Å². The molecular formula is C22H23N3O6. The summed E-state index contributed by atoms with van der Waals surface area (Å²) in [6, 6.07) is 10.1. The van der Waals surface area contributed by atoms with E-state index in [1.807, 2.05) is 6.07 Å². The number of benzene rings is 2. The highest BCUT2D eigenvalue weighted by Gasteiger charge is 2.18. The minimum Gasteiger partial charge on any atom is -0.497 e. The van der Waals surface area contributed by atoms with Gasteiger partial charge in [-0.3, -0.25) is 25.4 Å². The summed E-state index contributed by atoms with van der Waals surface area (Å²) < 4.78 is 21.0. The fraction of sp³-hybridized carbons (Fsp3) is 0.227. The Kier molecular flexibility index (Phi) is 6.44. The molecule has 1 aromatic heterocycles. The minimum atomic E-state index is -0.555. The number of hydrogen-bond acceptors (Lipinski definition) is 7. The maximum atomic E-state index is 12.7. The van der Waals surface area contributed by atoms with Gasteiger partial charge in [-0.05, 0) is 43.3 Å². The molecule has 0 bridgehead atoms. The van der Waals surface area contributed by atoms with E-state index in [0.717, 1.165) is 10.9 Å². The van der Waals surface area contributed by atoms with E-state index < -0.39 is 11.8 Å². The van der Waals surface area contributed by atoms with Gasteiger partial charge in [0.1, 0.15) is 5.75 Å². The predicted octanol–water partition coefficient (Wildman–Crippen LogP) is 2.65. The first-order chi connectivity index (χ1) is 14.9. The monoisotopic (exact) mass is 425 g/mol. The van der Waals surface area contributed by atoms with Crippen molar-refractivity contribution in [3.8, 4) is 23.0 Å². The first kappa shape index (κ1) is 21.7. The van der Waals surface area contributed by atoms with Crippen LogP contribution in [0.25, 0.3) is 10.9 Å². The Hall–Kier alpha value is -4.01. The number of aryl methyl sites for hydroxylation is 1. The highest BCUT2D eigenvalue weighted by atomic mass is 16.5. The zero-order valence-electron chi connectivity index (χ0n) is 17.9. The van der Waals surface area contributed by atoms with Gasteiger partial charge in [0.15, 0.2) is 11.5 Å². The van der Waals surface area contributed by atoms with Gasteiger partial charge in [-0.25, -0.2) is 0 Å². The topological polar surface area (TPSA) is 108 Å². The van der Waals surface area contributed by atoms with E-state index in [-0.39, 0.29) is 5.56 Å². The molecule has 0 fully saturated rings. The summed E-state index contributed by atoms with van der Waals surface area (Å²) in [5, 5.41) is 0.742. The lowest BCUT2D eigenvalue weighted by Crippen LogP contribution is -2.42. The van der Waals surface area contributed by atoms with Crippen molar-refractivity contribution in [2.24, 2.45) is 0 Å². The van der Waals surface area contributed by atoms with Gasteiger partial charge in [0, 0.05) is 10.9 Å². The molecule has 3 aromatic rings. The van der Waals surface area contributed by atoms with Crippen LogP contribution in [0.4, 0.5) is 0 Å². The van der Waals surface area contributed by atoms with E-state index in [2.05, 4.69) is 15.8 Å². The van der Waals surface area contributed by atoms with Crippen LogP contribution in [0.1, 0.15) is 26.4 Å². The van der Waals surface area contributed by atoms with Gasteiger partial charge >= 0.3 is 0 Å². The van der Waals surface area contributed by atoms with Crippen LogP contribution in [0.3, 0.4) is 0 Å². The van der Waals surface area contributed by atoms with Gasteiger partial charge < -0.3 is 18.9 Å². The van der Waals surface area contributed by atoms with E-state index in [0.29, 0.717) is 34.3 Å². The van der Waals surface area contributed by atoms with Gasteiger partial charge in [0.25, 0.3) is 11.8 Å². The average Bonchev–Trinajstić information content (AvgIpc) is 2.80. The van der Waals surface area contributed by atoms with Crippen LogP contribution >= 0.6 is 0 Å². The zero-order chi connectivity index (χ0) is 22.5. The third-order valence-corrected chi connectivity index (χ3v) is 4.67. The lowest BCUT2D eigenvalue weighted by Gasteiger charge is -2.14. The molecule has 9 heteroatoms. The first-order valence-corrected chi connectivity index (χ1v) is 9.28. The molecule has 162 valence electrons. The second-order valence-corrected chi connectivity index (χ2v) is 6.50. The number of hydrogen-bond donors (Lipinski definition) is 2. The van der Waals surface area contributed by atoms with Crippen molar-refractivity contribution < 1.29 is 28.5 Å². The highest BCUT2D eigenvalue weighted by Crippen LogP contribution is 2.38. The molecule has 1 heterocycles. The van der Waals surface area contributed by atoms with E-state index in [4.69, 9.17) is 18.9 Å². The van der Waals surface area contributed by atoms with E-state index >= 15 is 0 Å². The van der Waals surface area contributed by atoms with Crippen molar-refractivity contribution in [3.05, 3.63) is 53.2 Å². The fourth-order valence-electron chi connectivity index (χ4n) is 3.07. The standard InChI is InChI=1S/C22H23N3O6/c1-12-16(9-13-8-15(28-2)6-7-17(13)23-12)22(27)25-24-21(26)14-10-18(29-3)20(31-5)19(11-14)30-4/h6-11H,1-5H3,(H,24,26)(H,25,27). The van der Waals surface area contributed by atoms with Crippen LogP contribution in [-0.4, -0.2) is 45.2 Å². The highest BCUT2D eigenvalue weighted by molar-refractivity contribution is 6.01. The fourth-order valence-corrected chi connectivity index (χ4v) is 3.07. The SMILES string of the molecule is COc1ccc2nc(C)c(C(=O)NNC(=O)c3cc(OC)c(OC)c(OC)c3)cc2c1. The summed E-state index contributed by atoms with van der Waals surface area (Å²) in [5.74, 6) is 0.596. The van der Waals surface area contributed by atoms with E-state index in [9.17, 15) is 9.59 Å². The van der Waals surface area contributed by atoms with Crippen LogP contribution in [0.15, 0.2) is 36.4 Å². The third-order valence-electron chi connectivity index (χ3n) is 4.67. The maximum Gasteiger partial charge on any atom is 0.271 e. The second-order valence-electron chi connectivity index (χ2n) is 6.50. The van der Waals surface area contributed by atoms with Gasteiger partial charge in [0.2, 0.25) is 5.75 Å². The normalized spacial score (nSPS) is 10.4. The Morgan fingerprint density at radius 3 is 2.03 bits per heavy atom. The molecule has 0 saturated heterocycles. The molecule has 31 heavy (non-hydrogen) atoms. The van der Waals surface area contributed by atoms with Gasteiger partial charge in [-0.1, -0.05) is 0 Å². The number of fused-ring (bicyclic) bond motifs is 1. The van der Waals surface area contributed by atoms with Gasteiger partial charge in [-0.2, -0.15) is 0 Å². The van der Waals surface area contributed by atoms with Crippen molar-refractivity contribution in [2.75, 3.05) is 28.4 Å². The number of methoxy groups -OCH3 is 4. The zero-order valence-corrected chi connectivity index (χ0v) is 17.9. The average molecular weight is 425 g/mol. The lowest BCUT2D eigenvalue weighted by molar-refractivity contribution is 0.0846. The molecule has 0 unspecified atom stereocenters. The molecular weight excluding hydrogens is 402 g/mol. The molecule has 2 aromatic carbocycles. The van der Waals surface area contributed by atoms with Crippen LogP contribution in [0.2, 0.25) is 0 Å². The number of ether oxygens (including phenoxy) is 4. The number of nitrogens with one attached hydrogen (secondary N) is 2. The van der Waals surface area contributed by atoms with Crippen molar-refractivity contribution in [2.45, 2.75) is 6.92 Å². The molecule has 0 spiro atoms. The van der Waals surface area contributed by atoms with E-state index in [1.165, 1.54) is 33.5 Å². The maximum absolute atomic E-state index is 12.7.